The Hall–Kier alpha value is -2.11. The molecule has 0 aromatic heterocycles. The van der Waals surface area contributed by atoms with Gasteiger partial charge in [-0.3, -0.25) is 14.9 Å². The minimum absolute atomic E-state index is 0.0661. The number of carbonyl (C=O) groups is 1. The van der Waals surface area contributed by atoms with Gasteiger partial charge in [0.05, 0.1) is 4.92 Å². The predicted molar refractivity (Wildman–Crippen MR) is 81.6 cm³/mol. The molecule has 0 heterocycles. The SMILES string of the molecule is CCNc1ccc(C(=O)NC2(CC)CCC2)cc1[N+](=O)[O-]. The Kier molecular flexibility index (Phi) is 4.45. The number of nitro benzene ring substituents is 1. The van der Waals surface area contributed by atoms with Crippen molar-refractivity contribution in [2.45, 2.75) is 45.1 Å². The maximum Gasteiger partial charge on any atom is 0.293 e. The summed E-state index contributed by atoms with van der Waals surface area (Å²) in [6.45, 7) is 4.51. The third kappa shape index (κ3) is 3.15. The van der Waals surface area contributed by atoms with Crippen LogP contribution in [0.25, 0.3) is 0 Å². The van der Waals surface area contributed by atoms with E-state index in [1.807, 2.05) is 6.92 Å². The van der Waals surface area contributed by atoms with Gasteiger partial charge in [-0.15, -0.1) is 0 Å². The van der Waals surface area contributed by atoms with E-state index in [1.54, 1.807) is 12.1 Å². The second kappa shape index (κ2) is 6.11. The first-order chi connectivity index (χ1) is 10.0. The van der Waals surface area contributed by atoms with E-state index in [0.717, 1.165) is 25.7 Å². The summed E-state index contributed by atoms with van der Waals surface area (Å²) in [5, 5.41) is 17.1. The van der Waals surface area contributed by atoms with Gasteiger partial charge in [-0.1, -0.05) is 6.92 Å². The van der Waals surface area contributed by atoms with Gasteiger partial charge in [-0.25, -0.2) is 0 Å². The van der Waals surface area contributed by atoms with E-state index in [1.165, 1.54) is 6.07 Å². The third-order valence-electron chi connectivity index (χ3n) is 4.19. The number of anilines is 1. The van der Waals surface area contributed by atoms with E-state index >= 15 is 0 Å². The number of hydrogen-bond acceptors (Lipinski definition) is 4. The summed E-state index contributed by atoms with van der Waals surface area (Å²) in [6.07, 6.45) is 3.96. The van der Waals surface area contributed by atoms with Crippen LogP contribution in [0, 0.1) is 10.1 Å². The lowest BCUT2D eigenvalue weighted by molar-refractivity contribution is -0.384. The number of hydrogen-bond donors (Lipinski definition) is 2. The summed E-state index contributed by atoms with van der Waals surface area (Å²) in [6, 6.07) is 4.56. The topological polar surface area (TPSA) is 84.3 Å². The first-order valence-electron chi connectivity index (χ1n) is 7.36. The smallest absolute Gasteiger partial charge is 0.293 e. The fourth-order valence-electron chi connectivity index (χ4n) is 2.65. The molecule has 1 aliphatic carbocycles. The Morgan fingerprint density at radius 1 is 1.38 bits per heavy atom. The summed E-state index contributed by atoms with van der Waals surface area (Å²) < 4.78 is 0. The normalized spacial score (nSPS) is 15.9. The van der Waals surface area contributed by atoms with Crippen molar-refractivity contribution < 1.29 is 9.72 Å². The summed E-state index contributed by atoms with van der Waals surface area (Å²) >= 11 is 0. The molecule has 1 aliphatic rings. The molecule has 1 amide bonds. The Balaban J connectivity index is 2.21. The van der Waals surface area contributed by atoms with Crippen molar-refractivity contribution in [3.63, 3.8) is 0 Å². The number of nitro groups is 1. The van der Waals surface area contributed by atoms with E-state index in [4.69, 9.17) is 0 Å². The molecule has 0 spiro atoms. The molecule has 0 unspecified atom stereocenters. The van der Waals surface area contributed by atoms with Gasteiger partial charge in [0, 0.05) is 23.7 Å². The lowest BCUT2D eigenvalue weighted by Crippen LogP contribution is -2.52. The lowest BCUT2D eigenvalue weighted by Gasteiger charge is -2.42. The van der Waals surface area contributed by atoms with E-state index in [9.17, 15) is 14.9 Å². The van der Waals surface area contributed by atoms with Crippen molar-refractivity contribution in [2.24, 2.45) is 0 Å². The summed E-state index contributed by atoms with van der Waals surface area (Å²) in [5.41, 5.74) is 0.589. The van der Waals surface area contributed by atoms with Gasteiger partial charge in [0.2, 0.25) is 0 Å². The van der Waals surface area contributed by atoms with Crippen molar-refractivity contribution in [3.8, 4) is 0 Å². The maximum atomic E-state index is 12.3. The van der Waals surface area contributed by atoms with Gasteiger partial charge in [0.25, 0.3) is 11.6 Å². The highest BCUT2D eigenvalue weighted by Crippen LogP contribution is 2.35. The number of rotatable bonds is 6. The number of carbonyl (C=O) groups excluding carboxylic acids is 1. The Morgan fingerprint density at radius 3 is 2.57 bits per heavy atom. The fraction of sp³-hybridized carbons (Fsp3) is 0.533. The van der Waals surface area contributed by atoms with Crippen molar-refractivity contribution in [3.05, 3.63) is 33.9 Å². The van der Waals surface area contributed by atoms with E-state index < -0.39 is 4.92 Å². The highest BCUT2D eigenvalue weighted by molar-refractivity contribution is 5.96. The first kappa shape index (κ1) is 15.3. The summed E-state index contributed by atoms with van der Waals surface area (Å²) in [4.78, 5) is 23.0. The van der Waals surface area contributed by atoms with Gasteiger partial charge >= 0.3 is 0 Å². The van der Waals surface area contributed by atoms with Crippen LogP contribution in [0.4, 0.5) is 11.4 Å². The minimum atomic E-state index is -0.465. The molecule has 2 rings (SSSR count). The molecule has 1 fully saturated rings. The monoisotopic (exact) mass is 291 g/mol. The fourth-order valence-corrected chi connectivity index (χ4v) is 2.65. The van der Waals surface area contributed by atoms with Crippen LogP contribution in [-0.4, -0.2) is 22.9 Å². The minimum Gasteiger partial charge on any atom is -0.380 e. The highest BCUT2D eigenvalue weighted by Gasteiger charge is 2.36. The second-order valence-corrected chi connectivity index (χ2v) is 5.46. The molecule has 1 saturated carbocycles. The van der Waals surface area contributed by atoms with Crippen LogP contribution in [0.1, 0.15) is 49.9 Å². The Bertz CT molecular complexity index is 548. The highest BCUT2D eigenvalue weighted by atomic mass is 16.6. The van der Waals surface area contributed by atoms with Crippen LogP contribution in [0.3, 0.4) is 0 Å². The number of amides is 1. The molecule has 2 N–H and O–H groups in total. The molecule has 0 bridgehead atoms. The zero-order chi connectivity index (χ0) is 15.5. The van der Waals surface area contributed by atoms with Crippen molar-refractivity contribution in [1.29, 1.82) is 0 Å². The molecule has 21 heavy (non-hydrogen) atoms. The van der Waals surface area contributed by atoms with Crippen molar-refractivity contribution in [1.82, 2.24) is 5.32 Å². The molecule has 0 saturated heterocycles. The molecule has 114 valence electrons. The molecule has 0 radical (unpaired) electrons. The summed E-state index contributed by atoms with van der Waals surface area (Å²) in [7, 11) is 0. The molecule has 0 atom stereocenters. The first-order valence-corrected chi connectivity index (χ1v) is 7.36. The molecule has 1 aromatic carbocycles. The van der Waals surface area contributed by atoms with E-state index in [0.29, 0.717) is 17.8 Å². The van der Waals surface area contributed by atoms with Crippen molar-refractivity contribution in [2.75, 3.05) is 11.9 Å². The third-order valence-corrected chi connectivity index (χ3v) is 4.19. The van der Waals surface area contributed by atoms with E-state index in [2.05, 4.69) is 17.6 Å². The van der Waals surface area contributed by atoms with Crippen LogP contribution in [0.5, 0.6) is 0 Å². The lowest BCUT2D eigenvalue weighted by atomic mass is 9.74. The predicted octanol–water partition coefficient (Wildman–Crippen LogP) is 3.09. The standard InChI is InChI=1S/C15H21N3O3/c1-3-15(8-5-9-15)17-14(19)11-6-7-12(16-4-2)13(10-11)18(20)21/h6-7,10,16H,3-5,8-9H2,1-2H3,(H,17,19). The second-order valence-electron chi connectivity index (χ2n) is 5.46. The van der Waals surface area contributed by atoms with Crippen LogP contribution < -0.4 is 10.6 Å². The molecule has 6 nitrogen and oxygen atoms in total. The van der Waals surface area contributed by atoms with Gasteiger partial charge < -0.3 is 10.6 Å². The largest absolute Gasteiger partial charge is 0.380 e. The van der Waals surface area contributed by atoms with Crippen molar-refractivity contribution >= 4 is 17.3 Å². The zero-order valence-corrected chi connectivity index (χ0v) is 12.4. The molecule has 6 heteroatoms. The quantitative estimate of drug-likeness (QED) is 0.623. The number of nitrogens with zero attached hydrogens (tertiary/aromatic N) is 1. The van der Waals surface area contributed by atoms with Gasteiger partial charge in [0.1, 0.15) is 5.69 Å². The molecule has 0 aliphatic heterocycles. The van der Waals surface area contributed by atoms with Gasteiger partial charge in [-0.05, 0) is 44.7 Å². The average Bonchev–Trinajstić information content (AvgIpc) is 2.43. The van der Waals surface area contributed by atoms with Crippen LogP contribution in [-0.2, 0) is 0 Å². The van der Waals surface area contributed by atoms with Gasteiger partial charge in [0.15, 0.2) is 0 Å². The van der Waals surface area contributed by atoms with Crippen LogP contribution in [0.15, 0.2) is 18.2 Å². The Morgan fingerprint density at radius 2 is 2.10 bits per heavy atom. The molecular formula is C15H21N3O3. The molecule has 1 aromatic rings. The molecular weight excluding hydrogens is 270 g/mol. The maximum absolute atomic E-state index is 12.3. The summed E-state index contributed by atoms with van der Waals surface area (Å²) in [5.74, 6) is -0.234. The van der Waals surface area contributed by atoms with E-state index in [-0.39, 0.29) is 17.1 Å². The zero-order valence-electron chi connectivity index (χ0n) is 12.4. The number of nitrogens with one attached hydrogen (secondary N) is 2. The average molecular weight is 291 g/mol. The van der Waals surface area contributed by atoms with Crippen LogP contribution >= 0.6 is 0 Å². The Labute approximate surface area is 124 Å². The number of benzene rings is 1. The van der Waals surface area contributed by atoms with Crippen LogP contribution in [0.2, 0.25) is 0 Å². The van der Waals surface area contributed by atoms with Gasteiger partial charge in [-0.2, -0.15) is 0 Å².